The number of rotatable bonds is 3. The number of aromatic amines is 2. The molecule has 1 aromatic carbocycles. The number of halogens is 2. The van der Waals surface area contributed by atoms with Crippen LogP contribution in [0.3, 0.4) is 0 Å². The molecule has 6 nitrogen and oxygen atoms in total. The average molecular weight is 328 g/mol. The summed E-state index contributed by atoms with van der Waals surface area (Å²) in [6.07, 6.45) is -0.168. The highest BCUT2D eigenvalue weighted by Gasteiger charge is 2.12. The Morgan fingerprint density at radius 2 is 1.90 bits per heavy atom. The molecule has 0 fully saturated rings. The second-order valence-corrected chi connectivity index (χ2v) is 5.18. The first-order valence-corrected chi connectivity index (χ1v) is 6.69. The normalized spacial score (nSPS) is 10.4. The van der Waals surface area contributed by atoms with Crippen LogP contribution in [-0.4, -0.2) is 15.9 Å². The predicted octanol–water partition coefficient (Wildman–Crippen LogP) is 1.86. The van der Waals surface area contributed by atoms with E-state index in [9.17, 15) is 14.4 Å². The Hall–Kier alpha value is -2.05. The third-order valence-electron chi connectivity index (χ3n) is 2.80. The smallest absolute Gasteiger partial charge is 0.325 e. The van der Waals surface area contributed by atoms with Crippen LogP contribution in [0.2, 0.25) is 10.0 Å². The van der Waals surface area contributed by atoms with E-state index in [0.29, 0.717) is 21.4 Å². The number of benzene rings is 1. The van der Waals surface area contributed by atoms with Crippen molar-refractivity contribution in [2.45, 2.75) is 13.3 Å². The summed E-state index contributed by atoms with van der Waals surface area (Å²) in [4.78, 5) is 39.2. The number of hydrogen-bond donors (Lipinski definition) is 3. The Morgan fingerprint density at radius 1 is 1.19 bits per heavy atom. The van der Waals surface area contributed by atoms with Crippen LogP contribution in [0.25, 0.3) is 0 Å². The number of carbonyl (C=O) groups is 1. The SMILES string of the molecule is Cc1[nH]c(=O)[nH]c(=O)c1CC(=O)Nc1ccc(Cl)c(Cl)c1. The van der Waals surface area contributed by atoms with E-state index < -0.39 is 17.2 Å². The molecule has 0 spiro atoms. The van der Waals surface area contributed by atoms with E-state index in [1.807, 2.05) is 0 Å². The molecule has 0 aliphatic rings. The minimum atomic E-state index is -0.605. The van der Waals surface area contributed by atoms with Crippen LogP contribution in [0.4, 0.5) is 5.69 Å². The van der Waals surface area contributed by atoms with Crippen LogP contribution >= 0.6 is 23.2 Å². The van der Waals surface area contributed by atoms with E-state index in [4.69, 9.17) is 23.2 Å². The third-order valence-corrected chi connectivity index (χ3v) is 3.53. The summed E-state index contributed by atoms with van der Waals surface area (Å²) in [5.41, 5.74) is -0.167. The van der Waals surface area contributed by atoms with Gasteiger partial charge in [0.05, 0.1) is 16.5 Å². The zero-order valence-corrected chi connectivity index (χ0v) is 12.4. The van der Waals surface area contributed by atoms with Gasteiger partial charge in [-0.3, -0.25) is 14.6 Å². The van der Waals surface area contributed by atoms with E-state index in [2.05, 4.69) is 15.3 Å². The topological polar surface area (TPSA) is 94.8 Å². The molecule has 0 aliphatic carbocycles. The van der Waals surface area contributed by atoms with Crippen LogP contribution in [-0.2, 0) is 11.2 Å². The van der Waals surface area contributed by atoms with Gasteiger partial charge in [0.25, 0.3) is 5.56 Å². The molecule has 0 saturated heterocycles. The molecule has 2 rings (SSSR count). The molecule has 0 atom stereocenters. The summed E-state index contributed by atoms with van der Waals surface area (Å²) in [5.74, 6) is -0.408. The zero-order valence-electron chi connectivity index (χ0n) is 10.9. The Balaban J connectivity index is 2.17. The predicted molar refractivity (Wildman–Crippen MR) is 81.2 cm³/mol. The van der Waals surface area contributed by atoms with E-state index in [0.717, 1.165) is 0 Å². The van der Waals surface area contributed by atoms with Crippen molar-refractivity contribution in [3.63, 3.8) is 0 Å². The Kier molecular flexibility index (Phi) is 4.50. The number of H-pyrrole nitrogens is 2. The minimum Gasteiger partial charge on any atom is -0.326 e. The van der Waals surface area contributed by atoms with Gasteiger partial charge in [0.2, 0.25) is 5.91 Å². The lowest BCUT2D eigenvalue weighted by atomic mass is 10.1. The Bertz CT molecular complexity index is 811. The zero-order chi connectivity index (χ0) is 15.6. The summed E-state index contributed by atoms with van der Waals surface area (Å²) >= 11 is 11.6. The van der Waals surface area contributed by atoms with Crippen molar-refractivity contribution in [2.24, 2.45) is 0 Å². The largest absolute Gasteiger partial charge is 0.326 e. The molecule has 0 bridgehead atoms. The summed E-state index contributed by atoms with van der Waals surface area (Å²) in [6, 6.07) is 4.65. The molecule has 1 heterocycles. The van der Waals surface area contributed by atoms with Crippen molar-refractivity contribution in [2.75, 3.05) is 5.32 Å². The first kappa shape index (κ1) is 15.3. The lowest BCUT2D eigenvalue weighted by molar-refractivity contribution is -0.115. The van der Waals surface area contributed by atoms with Gasteiger partial charge >= 0.3 is 5.69 Å². The fourth-order valence-electron chi connectivity index (χ4n) is 1.78. The van der Waals surface area contributed by atoms with Crippen LogP contribution in [0.1, 0.15) is 11.3 Å². The van der Waals surface area contributed by atoms with Gasteiger partial charge in [-0.25, -0.2) is 4.79 Å². The molecule has 0 saturated carbocycles. The van der Waals surface area contributed by atoms with Crippen molar-refractivity contribution >= 4 is 34.8 Å². The summed E-state index contributed by atoms with van der Waals surface area (Å²) in [5, 5.41) is 3.29. The molecular formula is C13H11Cl2N3O3. The fourth-order valence-corrected chi connectivity index (χ4v) is 2.08. The van der Waals surface area contributed by atoms with Crippen molar-refractivity contribution < 1.29 is 4.79 Å². The van der Waals surface area contributed by atoms with Crippen molar-refractivity contribution in [1.29, 1.82) is 0 Å². The number of carbonyl (C=O) groups excluding carboxylic acids is 1. The second-order valence-electron chi connectivity index (χ2n) is 4.37. The number of aryl methyl sites for hydroxylation is 1. The molecule has 2 aromatic rings. The fraction of sp³-hybridized carbons (Fsp3) is 0.154. The molecule has 0 aliphatic heterocycles. The maximum Gasteiger partial charge on any atom is 0.325 e. The van der Waals surface area contributed by atoms with Crippen molar-refractivity contribution in [1.82, 2.24) is 9.97 Å². The molecule has 1 amide bonds. The lowest BCUT2D eigenvalue weighted by Gasteiger charge is -2.07. The van der Waals surface area contributed by atoms with Gasteiger partial charge in [-0.15, -0.1) is 0 Å². The monoisotopic (exact) mass is 327 g/mol. The highest BCUT2D eigenvalue weighted by molar-refractivity contribution is 6.42. The molecule has 8 heteroatoms. The highest BCUT2D eigenvalue weighted by Crippen LogP contribution is 2.25. The standard InChI is InChI=1S/C13H11Cl2N3O3/c1-6-8(12(20)18-13(21)16-6)5-11(19)17-7-2-3-9(14)10(15)4-7/h2-4H,5H2,1H3,(H,17,19)(H2,16,18,20,21). The third kappa shape index (κ3) is 3.74. The average Bonchev–Trinajstić information content (AvgIpc) is 2.38. The minimum absolute atomic E-state index is 0.168. The molecule has 0 unspecified atom stereocenters. The summed E-state index contributed by atoms with van der Waals surface area (Å²) < 4.78 is 0. The van der Waals surface area contributed by atoms with Gasteiger partial charge in [-0.05, 0) is 25.1 Å². The number of hydrogen-bond acceptors (Lipinski definition) is 3. The highest BCUT2D eigenvalue weighted by atomic mass is 35.5. The summed E-state index contributed by atoms with van der Waals surface area (Å²) in [6.45, 7) is 1.55. The van der Waals surface area contributed by atoms with Gasteiger partial charge in [0.1, 0.15) is 0 Å². The molecule has 1 aromatic heterocycles. The maximum atomic E-state index is 11.9. The van der Waals surface area contributed by atoms with Gasteiger partial charge in [-0.2, -0.15) is 0 Å². The van der Waals surface area contributed by atoms with Crippen LogP contribution in [0, 0.1) is 6.92 Å². The van der Waals surface area contributed by atoms with Gasteiger partial charge in [0, 0.05) is 16.9 Å². The van der Waals surface area contributed by atoms with Crippen LogP contribution in [0.5, 0.6) is 0 Å². The van der Waals surface area contributed by atoms with Gasteiger partial charge in [-0.1, -0.05) is 23.2 Å². The Morgan fingerprint density at radius 3 is 2.52 bits per heavy atom. The van der Waals surface area contributed by atoms with E-state index in [1.54, 1.807) is 19.1 Å². The molecule has 110 valence electrons. The lowest BCUT2D eigenvalue weighted by Crippen LogP contribution is -2.29. The molecule has 0 radical (unpaired) electrons. The number of amides is 1. The van der Waals surface area contributed by atoms with E-state index >= 15 is 0 Å². The van der Waals surface area contributed by atoms with Crippen molar-refractivity contribution in [3.8, 4) is 0 Å². The number of nitrogens with one attached hydrogen (secondary N) is 3. The maximum absolute atomic E-state index is 11.9. The van der Waals surface area contributed by atoms with E-state index in [1.165, 1.54) is 6.07 Å². The Labute approximate surface area is 129 Å². The van der Waals surface area contributed by atoms with Gasteiger partial charge in [0.15, 0.2) is 0 Å². The first-order chi connectivity index (χ1) is 9.86. The molecule has 3 N–H and O–H groups in total. The molecular weight excluding hydrogens is 317 g/mol. The van der Waals surface area contributed by atoms with Gasteiger partial charge < -0.3 is 10.3 Å². The number of aromatic nitrogens is 2. The second kappa shape index (κ2) is 6.15. The quantitative estimate of drug-likeness (QED) is 0.802. The first-order valence-electron chi connectivity index (χ1n) is 5.94. The van der Waals surface area contributed by atoms with E-state index in [-0.39, 0.29) is 12.0 Å². The van der Waals surface area contributed by atoms with Crippen LogP contribution in [0.15, 0.2) is 27.8 Å². The van der Waals surface area contributed by atoms with Crippen LogP contribution < -0.4 is 16.6 Å². The molecule has 21 heavy (non-hydrogen) atoms. The number of anilines is 1. The van der Waals surface area contributed by atoms with Crippen molar-refractivity contribution in [3.05, 3.63) is 60.3 Å². The summed E-state index contributed by atoms with van der Waals surface area (Å²) in [7, 11) is 0.